The van der Waals surface area contributed by atoms with Crippen molar-refractivity contribution in [2.45, 2.75) is 32.2 Å². The number of carbonyl (C=O) groups is 1. The van der Waals surface area contributed by atoms with Crippen LogP contribution in [0, 0.1) is 5.82 Å². The summed E-state index contributed by atoms with van der Waals surface area (Å²) >= 11 is 0. The minimum Gasteiger partial charge on any atom is -0.490 e. The zero-order valence-corrected chi connectivity index (χ0v) is 21.0. The predicted molar refractivity (Wildman–Crippen MR) is 132 cm³/mol. The van der Waals surface area contributed by atoms with Crippen molar-refractivity contribution in [3.05, 3.63) is 59.8 Å². The zero-order chi connectivity index (χ0) is 25.9. The maximum absolute atomic E-state index is 14.1. The van der Waals surface area contributed by atoms with Gasteiger partial charge in [0, 0.05) is 31.9 Å². The second-order valence-corrected chi connectivity index (χ2v) is 10.4. The number of aromatic nitrogens is 2. The van der Waals surface area contributed by atoms with Crippen molar-refractivity contribution >= 4 is 27.5 Å². The lowest BCUT2D eigenvalue weighted by atomic mass is 10.0. The molecule has 1 amide bonds. The molecule has 0 unspecified atom stereocenters. The lowest BCUT2D eigenvalue weighted by Gasteiger charge is -2.28. The average Bonchev–Trinajstić information content (AvgIpc) is 3.50. The maximum atomic E-state index is 14.1. The lowest BCUT2D eigenvalue weighted by molar-refractivity contribution is 0.0973. The van der Waals surface area contributed by atoms with Gasteiger partial charge in [0.2, 0.25) is 0 Å². The third kappa shape index (κ3) is 5.29. The molecule has 1 aliphatic heterocycles. The van der Waals surface area contributed by atoms with Gasteiger partial charge in [0.05, 0.1) is 17.9 Å². The number of fused-ring (bicyclic) bond motifs is 1. The highest BCUT2D eigenvalue weighted by atomic mass is 32.2. The smallest absolute Gasteiger partial charge is 0.303 e. The van der Waals surface area contributed by atoms with E-state index in [-0.39, 0.29) is 24.9 Å². The van der Waals surface area contributed by atoms with E-state index in [1.165, 1.54) is 35.8 Å². The topological polar surface area (TPSA) is 96.2 Å². The molecule has 1 saturated heterocycles. The van der Waals surface area contributed by atoms with E-state index in [0.29, 0.717) is 29.9 Å². The van der Waals surface area contributed by atoms with E-state index in [4.69, 9.17) is 4.74 Å². The second-order valence-electron chi connectivity index (χ2n) is 8.59. The van der Waals surface area contributed by atoms with Gasteiger partial charge in [0.1, 0.15) is 36.2 Å². The molecule has 1 N–H and O–H groups in total. The number of carbonyl (C=O) groups excluding carboxylic acids is 1. The summed E-state index contributed by atoms with van der Waals surface area (Å²) in [5, 5.41) is 0. The van der Waals surface area contributed by atoms with Crippen LogP contribution in [0.3, 0.4) is 0 Å². The Morgan fingerprint density at radius 3 is 2.86 bits per heavy atom. The van der Waals surface area contributed by atoms with Gasteiger partial charge in [0.25, 0.3) is 5.91 Å². The number of nitrogens with one attached hydrogen (secondary N) is 1. The summed E-state index contributed by atoms with van der Waals surface area (Å²) in [4.78, 5) is 19.1. The van der Waals surface area contributed by atoms with Gasteiger partial charge >= 0.3 is 10.2 Å². The Morgan fingerprint density at radius 2 is 2.11 bits per heavy atom. The molecule has 3 aromatic rings. The molecule has 1 atom stereocenters. The van der Waals surface area contributed by atoms with Crippen LogP contribution in [0.1, 0.15) is 48.3 Å². The Morgan fingerprint density at radius 1 is 1.31 bits per heavy atom. The van der Waals surface area contributed by atoms with Gasteiger partial charge < -0.3 is 9.64 Å². The largest absolute Gasteiger partial charge is 0.490 e. The Hall–Kier alpha value is -3.25. The van der Waals surface area contributed by atoms with E-state index in [1.807, 2.05) is 13.0 Å². The standard InChI is InChI=1S/C24H29F2N5O4S/c1-3-11-29(2)36(33,34)28-24(32)21-15-27-23-9-7-18(16-31(21)23)30-12-4-5-20(30)19-14-17(26)6-8-22(19)35-13-10-25/h6-9,14-16,20H,3-5,10-13H2,1-2H3,(H,28,32)/t20-/m1/s1. The number of rotatable bonds is 10. The molecule has 0 radical (unpaired) electrons. The van der Waals surface area contributed by atoms with Crippen molar-refractivity contribution in [1.29, 1.82) is 0 Å². The highest BCUT2D eigenvalue weighted by molar-refractivity contribution is 7.87. The molecule has 12 heteroatoms. The Labute approximate surface area is 208 Å². The lowest BCUT2D eigenvalue weighted by Crippen LogP contribution is -2.42. The average molecular weight is 522 g/mol. The van der Waals surface area contributed by atoms with E-state index in [1.54, 1.807) is 12.3 Å². The second kappa shape index (κ2) is 10.8. The summed E-state index contributed by atoms with van der Waals surface area (Å²) in [6, 6.07) is 7.54. The fraction of sp³-hybridized carbons (Fsp3) is 0.417. The van der Waals surface area contributed by atoms with Crippen molar-refractivity contribution in [1.82, 2.24) is 18.4 Å². The molecule has 0 spiro atoms. The van der Waals surface area contributed by atoms with Gasteiger partial charge in [-0.25, -0.2) is 18.5 Å². The van der Waals surface area contributed by atoms with Gasteiger partial charge in [-0.2, -0.15) is 12.7 Å². The van der Waals surface area contributed by atoms with Crippen LogP contribution in [-0.2, 0) is 10.2 Å². The van der Waals surface area contributed by atoms with Gasteiger partial charge in [0.15, 0.2) is 0 Å². The molecule has 1 aliphatic rings. The Balaban J connectivity index is 1.65. The highest BCUT2D eigenvalue weighted by Gasteiger charge is 2.30. The monoisotopic (exact) mass is 521 g/mol. The van der Waals surface area contributed by atoms with Gasteiger partial charge in [-0.15, -0.1) is 0 Å². The molecule has 4 rings (SSSR count). The van der Waals surface area contributed by atoms with Crippen molar-refractivity contribution in [2.75, 3.05) is 38.3 Å². The predicted octanol–water partition coefficient (Wildman–Crippen LogP) is 3.48. The quantitative estimate of drug-likeness (QED) is 0.439. The molecule has 1 aromatic carbocycles. The Kier molecular flexibility index (Phi) is 7.74. The molecular formula is C24H29F2N5O4S. The summed E-state index contributed by atoms with van der Waals surface area (Å²) in [5.74, 6) is -0.786. The van der Waals surface area contributed by atoms with E-state index in [9.17, 15) is 22.0 Å². The van der Waals surface area contributed by atoms with Crippen molar-refractivity contribution < 1.29 is 26.7 Å². The molecule has 0 aliphatic carbocycles. The first-order valence-electron chi connectivity index (χ1n) is 11.8. The van der Waals surface area contributed by atoms with Crippen molar-refractivity contribution in [2.24, 2.45) is 0 Å². The fourth-order valence-corrected chi connectivity index (χ4v) is 5.37. The van der Waals surface area contributed by atoms with Gasteiger partial charge in [-0.05, 0) is 49.6 Å². The number of pyridine rings is 1. The van der Waals surface area contributed by atoms with Crippen LogP contribution in [0.15, 0.2) is 42.7 Å². The van der Waals surface area contributed by atoms with Gasteiger partial charge in [-0.1, -0.05) is 6.92 Å². The number of hydrogen-bond donors (Lipinski definition) is 1. The van der Waals surface area contributed by atoms with E-state index < -0.39 is 28.6 Å². The van der Waals surface area contributed by atoms with E-state index in [0.717, 1.165) is 22.8 Å². The van der Waals surface area contributed by atoms with E-state index >= 15 is 0 Å². The zero-order valence-electron chi connectivity index (χ0n) is 20.2. The number of benzene rings is 1. The third-order valence-electron chi connectivity index (χ3n) is 6.14. The molecule has 0 bridgehead atoms. The van der Waals surface area contributed by atoms with Crippen LogP contribution in [0.25, 0.3) is 5.65 Å². The summed E-state index contributed by atoms with van der Waals surface area (Å²) in [5.41, 5.74) is 1.89. The number of ether oxygens (including phenoxy) is 1. The molecule has 194 valence electrons. The fourth-order valence-electron chi connectivity index (χ4n) is 4.45. The number of anilines is 1. The van der Waals surface area contributed by atoms with Crippen LogP contribution >= 0.6 is 0 Å². The number of imidazole rings is 1. The Bertz CT molecular complexity index is 1350. The van der Waals surface area contributed by atoms with Crippen LogP contribution in [-0.4, -0.2) is 61.4 Å². The van der Waals surface area contributed by atoms with Gasteiger partial charge in [-0.3, -0.25) is 9.20 Å². The highest BCUT2D eigenvalue weighted by Crippen LogP contribution is 2.40. The molecular weight excluding hydrogens is 492 g/mol. The summed E-state index contributed by atoms with van der Waals surface area (Å²) in [6.07, 6.45) is 5.20. The van der Waals surface area contributed by atoms with Crippen molar-refractivity contribution in [3.8, 4) is 5.75 Å². The number of nitrogens with zero attached hydrogens (tertiary/aromatic N) is 4. The number of alkyl halides is 1. The third-order valence-corrected chi connectivity index (χ3v) is 7.59. The summed E-state index contributed by atoms with van der Waals surface area (Å²) in [7, 11) is -2.60. The first-order chi connectivity index (χ1) is 17.2. The van der Waals surface area contributed by atoms with Crippen LogP contribution in [0.4, 0.5) is 14.5 Å². The first kappa shape index (κ1) is 25.8. The maximum Gasteiger partial charge on any atom is 0.303 e. The van der Waals surface area contributed by atoms with Crippen LogP contribution in [0.2, 0.25) is 0 Å². The van der Waals surface area contributed by atoms with E-state index in [2.05, 4.69) is 14.6 Å². The molecule has 0 saturated carbocycles. The molecule has 3 heterocycles. The molecule has 36 heavy (non-hydrogen) atoms. The number of hydrogen-bond acceptors (Lipinski definition) is 6. The SMILES string of the molecule is CCCN(C)S(=O)(=O)NC(=O)c1cnc2ccc(N3CCC[C@@H]3c3cc(F)ccc3OCCF)cn12. The minimum absolute atomic E-state index is 0.0637. The summed E-state index contributed by atoms with van der Waals surface area (Å²) < 4.78 is 62.0. The molecule has 9 nitrogen and oxygen atoms in total. The number of halogens is 2. The number of amides is 1. The van der Waals surface area contributed by atoms with Crippen LogP contribution in [0.5, 0.6) is 5.75 Å². The summed E-state index contributed by atoms with van der Waals surface area (Å²) in [6.45, 7) is 2.00. The molecule has 2 aromatic heterocycles. The molecule has 1 fully saturated rings. The first-order valence-corrected chi connectivity index (χ1v) is 13.2. The van der Waals surface area contributed by atoms with Crippen LogP contribution < -0.4 is 14.4 Å². The minimum atomic E-state index is -4.00. The van der Waals surface area contributed by atoms with Crippen molar-refractivity contribution in [3.63, 3.8) is 0 Å². The normalized spacial score (nSPS) is 16.1.